The number of nitrogens with zero attached hydrogens (tertiary/aromatic N) is 1. The van der Waals surface area contributed by atoms with Crippen LogP contribution in [0.3, 0.4) is 0 Å². The summed E-state index contributed by atoms with van der Waals surface area (Å²) in [6.45, 7) is 0. The van der Waals surface area contributed by atoms with Crippen LogP contribution in [-0.2, 0) is 0 Å². The zero-order valence-corrected chi connectivity index (χ0v) is 7.37. The molecule has 1 nitrogen and oxygen atoms in total. The molecule has 0 amide bonds. The molecule has 1 saturated carbocycles. The quantitative estimate of drug-likeness (QED) is 0.594. The van der Waals surface area contributed by atoms with Gasteiger partial charge in [0, 0.05) is 4.83 Å². The summed E-state index contributed by atoms with van der Waals surface area (Å²) in [7, 11) is 0. The topological polar surface area (TPSA) is 23.8 Å². The number of hydrogen-bond acceptors (Lipinski definition) is 1. The second-order valence-electron chi connectivity index (χ2n) is 1.98. The summed E-state index contributed by atoms with van der Waals surface area (Å²) < 4.78 is -0.243. The molecule has 8 heavy (non-hydrogen) atoms. The molecule has 0 heterocycles. The molecule has 0 bridgehead atoms. The Morgan fingerprint density at radius 1 is 1.75 bits per heavy atom. The molecule has 0 N–H and O–H groups in total. The Morgan fingerprint density at radius 2 is 2.38 bits per heavy atom. The summed E-state index contributed by atoms with van der Waals surface area (Å²) in [4.78, 5) is 0.361. The minimum atomic E-state index is -0.243. The van der Waals surface area contributed by atoms with Gasteiger partial charge < -0.3 is 0 Å². The van der Waals surface area contributed by atoms with Gasteiger partial charge in [-0.2, -0.15) is 5.26 Å². The molecule has 2 unspecified atom stereocenters. The van der Waals surface area contributed by atoms with E-state index in [1.54, 1.807) is 0 Å². The zero-order valence-electron chi connectivity index (χ0n) is 4.19. The first kappa shape index (κ1) is 6.57. The fourth-order valence-electron chi connectivity index (χ4n) is 0.633. The third kappa shape index (κ3) is 0.803. The van der Waals surface area contributed by atoms with Crippen LogP contribution >= 0.6 is 31.9 Å². The Bertz CT molecular complexity index is 140. The van der Waals surface area contributed by atoms with Gasteiger partial charge in [0.15, 0.2) is 0 Å². The van der Waals surface area contributed by atoms with Crippen LogP contribution < -0.4 is 0 Å². The number of hydrogen-bond donors (Lipinski definition) is 0. The zero-order chi connectivity index (χ0) is 6.20. The van der Waals surface area contributed by atoms with E-state index in [0.717, 1.165) is 12.8 Å². The first-order chi connectivity index (χ1) is 3.69. The Balaban J connectivity index is 2.59. The third-order valence-corrected chi connectivity index (χ3v) is 4.42. The summed E-state index contributed by atoms with van der Waals surface area (Å²) in [6, 6.07) is 2.20. The highest BCUT2D eigenvalue weighted by molar-refractivity contribution is 9.12. The van der Waals surface area contributed by atoms with Crippen molar-refractivity contribution in [1.82, 2.24) is 0 Å². The lowest BCUT2D eigenvalue weighted by atomic mass is 9.86. The van der Waals surface area contributed by atoms with Crippen LogP contribution in [-0.4, -0.2) is 9.15 Å². The van der Waals surface area contributed by atoms with Gasteiger partial charge in [-0.3, -0.25) is 0 Å². The molecule has 44 valence electrons. The van der Waals surface area contributed by atoms with Crippen molar-refractivity contribution in [3.63, 3.8) is 0 Å². The SMILES string of the molecule is N#CC1(Br)CCC1Br. The predicted octanol–water partition coefficient (Wildman–Crippen LogP) is 2.20. The van der Waals surface area contributed by atoms with Crippen LogP contribution in [0, 0.1) is 11.3 Å². The van der Waals surface area contributed by atoms with E-state index in [-0.39, 0.29) is 4.32 Å². The lowest BCUT2D eigenvalue weighted by Gasteiger charge is -2.35. The summed E-state index contributed by atoms with van der Waals surface area (Å²) in [5.74, 6) is 0. The highest BCUT2D eigenvalue weighted by Crippen LogP contribution is 2.44. The molecule has 0 saturated heterocycles. The van der Waals surface area contributed by atoms with Crippen LogP contribution in [0.1, 0.15) is 12.8 Å². The first-order valence-corrected chi connectivity index (χ1v) is 4.14. The molecule has 0 aromatic rings. The van der Waals surface area contributed by atoms with Crippen molar-refractivity contribution in [2.24, 2.45) is 0 Å². The van der Waals surface area contributed by atoms with E-state index < -0.39 is 0 Å². The number of rotatable bonds is 0. The molecule has 1 aliphatic carbocycles. The minimum absolute atomic E-state index is 0.243. The van der Waals surface area contributed by atoms with Crippen molar-refractivity contribution in [2.45, 2.75) is 22.0 Å². The third-order valence-electron chi connectivity index (χ3n) is 1.44. The summed E-state index contributed by atoms with van der Waals surface area (Å²) in [5.41, 5.74) is 0. The van der Waals surface area contributed by atoms with Crippen molar-refractivity contribution < 1.29 is 0 Å². The smallest absolute Gasteiger partial charge is 0.124 e. The second-order valence-corrected chi connectivity index (χ2v) is 4.50. The van der Waals surface area contributed by atoms with Crippen molar-refractivity contribution in [3.8, 4) is 6.07 Å². The fraction of sp³-hybridized carbons (Fsp3) is 0.800. The van der Waals surface area contributed by atoms with Crippen molar-refractivity contribution in [3.05, 3.63) is 0 Å². The maximum absolute atomic E-state index is 8.49. The van der Waals surface area contributed by atoms with E-state index in [1.807, 2.05) is 0 Å². The first-order valence-electron chi connectivity index (χ1n) is 2.43. The summed E-state index contributed by atoms with van der Waals surface area (Å²) in [6.07, 6.45) is 2.08. The highest BCUT2D eigenvalue weighted by Gasteiger charge is 2.43. The van der Waals surface area contributed by atoms with Gasteiger partial charge in [0.2, 0.25) is 0 Å². The molecule has 2 atom stereocenters. The Kier molecular flexibility index (Phi) is 1.64. The number of halogens is 2. The van der Waals surface area contributed by atoms with Gasteiger partial charge in [0.25, 0.3) is 0 Å². The normalized spacial score (nSPS) is 44.9. The molecule has 1 aliphatic rings. The molecular formula is C5H5Br2N. The maximum atomic E-state index is 8.49. The van der Waals surface area contributed by atoms with Crippen LogP contribution in [0.5, 0.6) is 0 Å². The maximum Gasteiger partial charge on any atom is 0.124 e. The largest absolute Gasteiger partial charge is 0.197 e. The van der Waals surface area contributed by atoms with Crippen LogP contribution in [0.2, 0.25) is 0 Å². The standard InChI is InChI=1S/C5H5Br2N/c6-4-1-2-5(4,7)3-8/h4H,1-2H2. The van der Waals surface area contributed by atoms with Gasteiger partial charge in [-0.1, -0.05) is 31.9 Å². The van der Waals surface area contributed by atoms with E-state index in [2.05, 4.69) is 37.9 Å². The van der Waals surface area contributed by atoms with Crippen LogP contribution in [0.25, 0.3) is 0 Å². The molecule has 0 aliphatic heterocycles. The monoisotopic (exact) mass is 237 g/mol. The average molecular weight is 239 g/mol. The molecule has 0 spiro atoms. The van der Waals surface area contributed by atoms with Crippen LogP contribution in [0.15, 0.2) is 0 Å². The van der Waals surface area contributed by atoms with E-state index in [0.29, 0.717) is 4.83 Å². The van der Waals surface area contributed by atoms with Crippen molar-refractivity contribution >= 4 is 31.9 Å². The van der Waals surface area contributed by atoms with Gasteiger partial charge in [0.1, 0.15) is 4.32 Å². The van der Waals surface area contributed by atoms with Crippen molar-refractivity contribution in [2.75, 3.05) is 0 Å². The van der Waals surface area contributed by atoms with Gasteiger partial charge in [-0.15, -0.1) is 0 Å². The number of alkyl halides is 2. The number of nitriles is 1. The summed E-state index contributed by atoms with van der Waals surface area (Å²) in [5, 5.41) is 8.49. The predicted molar refractivity (Wildman–Crippen MR) is 39.2 cm³/mol. The molecule has 3 heteroatoms. The molecule has 0 aromatic carbocycles. The highest BCUT2D eigenvalue weighted by atomic mass is 79.9. The molecule has 1 rings (SSSR count). The van der Waals surface area contributed by atoms with E-state index >= 15 is 0 Å². The lowest BCUT2D eigenvalue weighted by Crippen LogP contribution is -2.40. The minimum Gasteiger partial charge on any atom is -0.197 e. The lowest BCUT2D eigenvalue weighted by molar-refractivity contribution is 0.474. The van der Waals surface area contributed by atoms with Crippen LogP contribution in [0.4, 0.5) is 0 Å². The summed E-state index contributed by atoms with van der Waals surface area (Å²) >= 11 is 6.70. The Labute approximate surface area is 65.3 Å². The molecule has 0 aromatic heterocycles. The van der Waals surface area contributed by atoms with E-state index in [9.17, 15) is 0 Å². The fourth-order valence-corrected chi connectivity index (χ4v) is 1.65. The molecule has 0 radical (unpaired) electrons. The second kappa shape index (κ2) is 2.00. The van der Waals surface area contributed by atoms with Crippen molar-refractivity contribution in [1.29, 1.82) is 5.26 Å². The Hall–Kier alpha value is 0.450. The molecular weight excluding hydrogens is 234 g/mol. The van der Waals surface area contributed by atoms with E-state index in [1.165, 1.54) is 0 Å². The van der Waals surface area contributed by atoms with Gasteiger partial charge in [0.05, 0.1) is 6.07 Å². The van der Waals surface area contributed by atoms with Gasteiger partial charge >= 0.3 is 0 Å². The van der Waals surface area contributed by atoms with E-state index in [4.69, 9.17) is 5.26 Å². The van der Waals surface area contributed by atoms with Gasteiger partial charge in [-0.05, 0) is 12.8 Å². The van der Waals surface area contributed by atoms with Gasteiger partial charge in [-0.25, -0.2) is 0 Å². The Morgan fingerprint density at radius 3 is 2.38 bits per heavy atom. The molecule has 1 fully saturated rings. The average Bonchev–Trinajstić information content (AvgIpc) is 1.83.